The van der Waals surface area contributed by atoms with Gasteiger partial charge >= 0.3 is 12.1 Å². The second-order valence-electron chi connectivity index (χ2n) is 5.70. The third kappa shape index (κ3) is 2.27. The average Bonchev–Trinajstić information content (AvgIpc) is 2.77. The lowest BCUT2D eigenvalue weighted by Gasteiger charge is -2.41. The van der Waals surface area contributed by atoms with Gasteiger partial charge in [0.05, 0.1) is 21.4 Å². The monoisotopic (exact) mass is 373 g/mol. The summed E-state index contributed by atoms with van der Waals surface area (Å²) in [6, 6.07) is 2.70. The van der Waals surface area contributed by atoms with E-state index >= 15 is 0 Å². The first-order chi connectivity index (χ1) is 10.5. The van der Waals surface area contributed by atoms with Gasteiger partial charge < -0.3 is 5.11 Å². The molecule has 1 heterocycles. The van der Waals surface area contributed by atoms with E-state index in [0.29, 0.717) is 12.0 Å². The fraction of sp³-hybridized carbons (Fsp3) is 0.500. The van der Waals surface area contributed by atoms with Crippen LogP contribution in [-0.4, -0.2) is 28.5 Å². The number of hydrogen-bond donors (Lipinski definition) is 1. The maximum absolute atomic E-state index is 13.9. The van der Waals surface area contributed by atoms with Gasteiger partial charge in [0.15, 0.2) is 5.60 Å². The van der Waals surface area contributed by atoms with E-state index in [-0.39, 0.29) is 22.2 Å². The van der Waals surface area contributed by atoms with Gasteiger partial charge in [-0.1, -0.05) is 23.2 Å². The number of alkyl halides is 5. The number of halogens is 7. The quantitative estimate of drug-likeness (QED) is 0.667. The molecule has 0 saturated heterocycles. The molecular formula is C14H10Cl2F5NO. The zero-order valence-electron chi connectivity index (χ0n) is 11.4. The van der Waals surface area contributed by atoms with Gasteiger partial charge in [-0.2, -0.15) is 22.0 Å². The molecule has 3 rings (SSSR count). The smallest absolute Gasteiger partial charge is 0.377 e. The third-order valence-corrected chi connectivity index (χ3v) is 5.07. The molecular weight excluding hydrogens is 364 g/mol. The van der Waals surface area contributed by atoms with Crippen LogP contribution in [0.25, 0.3) is 0 Å². The molecule has 2 nitrogen and oxygen atoms in total. The second kappa shape index (κ2) is 5.04. The molecule has 0 amide bonds. The highest BCUT2D eigenvalue weighted by Gasteiger charge is 2.73. The van der Waals surface area contributed by atoms with E-state index in [9.17, 15) is 27.1 Å². The molecule has 1 saturated carbocycles. The van der Waals surface area contributed by atoms with Crippen molar-refractivity contribution < 1.29 is 27.1 Å². The maximum atomic E-state index is 13.9. The molecule has 2 unspecified atom stereocenters. The van der Waals surface area contributed by atoms with E-state index < -0.39 is 35.8 Å². The second-order valence-corrected chi connectivity index (χ2v) is 6.51. The Morgan fingerprint density at radius 2 is 1.74 bits per heavy atom. The van der Waals surface area contributed by atoms with Crippen molar-refractivity contribution in [3.05, 3.63) is 27.7 Å². The van der Waals surface area contributed by atoms with Crippen molar-refractivity contribution in [3.63, 3.8) is 0 Å². The summed E-state index contributed by atoms with van der Waals surface area (Å²) in [5, 5.41) is 10.5. The minimum atomic E-state index is -5.88. The summed E-state index contributed by atoms with van der Waals surface area (Å²) in [6.45, 7) is 0. The van der Waals surface area contributed by atoms with Crippen molar-refractivity contribution in [1.29, 1.82) is 0 Å². The SMILES string of the molecule is OC1(C(F)(F)C(F)(F)F)CCCC2C1=Nc1cc(Cl)c(Cl)cc12. The lowest BCUT2D eigenvalue weighted by atomic mass is 9.71. The molecule has 0 spiro atoms. The Morgan fingerprint density at radius 1 is 1.13 bits per heavy atom. The minimum absolute atomic E-state index is 0.00550. The molecule has 0 bridgehead atoms. The molecule has 1 aromatic carbocycles. The summed E-state index contributed by atoms with van der Waals surface area (Å²) in [6.07, 6.45) is -6.29. The summed E-state index contributed by atoms with van der Waals surface area (Å²) >= 11 is 11.7. The highest BCUT2D eigenvalue weighted by molar-refractivity contribution is 6.42. The van der Waals surface area contributed by atoms with Crippen molar-refractivity contribution >= 4 is 34.6 Å². The Hall–Kier alpha value is -0.920. The largest absolute Gasteiger partial charge is 0.456 e. The first kappa shape index (κ1) is 16.9. The van der Waals surface area contributed by atoms with Gasteiger partial charge in [0, 0.05) is 5.92 Å². The van der Waals surface area contributed by atoms with E-state index in [2.05, 4.69) is 4.99 Å². The number of hydrogen-bond acceptors (Lipinski definition) is 2. The van der Waals surface area contributed by atoms with Crippen molar-refractivity contribution in [2.24, 2.45) is 4.99 Å². The number of benzene rings is 1. The molecule has 2 aliphatic rings. The minimum Gasteiger partial charge on any atom is -0.377 e. The van der Waals surface area contributed by atoms with Crippen LogP contribution in [0.4, 0.5) is 27.6 Å². The summed E-state index contributed by atoms with van der Waals surface area (Å²) in [5.74, 6) is -6.13. The highest BCUT2D eigenvalue weighted by Crippen LogP contribution is 2.55. The predicted molar refractivity (Wildman–Crippen MR) is 76.1 cm³/mol. The number of rotatable bonds is 1. The fourth-order valence-electron chi connectivity index (χ4n) is 3.20. The highest BCUT2D eigenvalue weighted by atomic mass is 35.5. The van der Waals surface area contributed by atoms with Gasteiger partial charge in [-0.15, -0.1) is 0 Å². The number of aliphatic imine (C=N–C) groups is 1. The number of nitrogens with zero attached hydrogens (tertiary/aromatic N) is 1. The molecule has 1 N–H and O–H groups in total. The van der Waals surface area contributed by atoms with Crippen molar-refractivity contribution in [2.45, 2.75) is 42.9 Å². The van der Waals surface area contributed by atoms with Crippen molar-refractivity contribution in [1.82, 2.24) is 0 Å². The van der Waals surface area contributed by atoms with Crippen molar-refractivity contribution in [2.75, 3.05) is 0 Å². The molecule has 0 aromatic heterocycles. The maximum Gasteiger partial charge on any atom is 0.456 e. The first-order valence-corrected chi connectivity index (χ1v) is 7.49. The van der Waals surface area contributed by atoms with Crippen LogP contribution in [0.3, 0.4) is 0 Å². The van der Waals surface area contributed by atoms with Crippen LogP contribution >= 0.6 is 23.2 Å². The van der Waals surface area contributed by atoms with Gasteiger partial charge in [-0.05, 0) is 37.0 Å². The van der Waals surface area contributed by atoms with Gasteiger partial charge in [0.1, 0.15) is 0 Å². The van der Waals surface area contributed by atoms with E-state index in [1.807, 2.05) is 0 Å². The zero-order valence-corrected chi connectivity index (χ0v) is 12.9. The van der Waals surface area contributed by atoms with Crippen LogP contribution in [0.5, 0.6) is 0 Å². The van der Waals surface area contributed by atoms with Gasteiger partial charge in [0.2, 0.25) is 0 Å². The van der Waals surface area contributed by atoms with Crippen LogP contribution in [0.1, 0.15) is 30.7 Å². The number of aliphatic hydroxyl groups is 1. The first-order valence-electron chi connectivity index (χ1n) is 6.74. The summed E-state index contributed by atoms with van der Waals surface area (Å²) in [5.41, 5.74) is -3.37. The van der Waals surface area contributed by atoms with Gasteiger partial charge in [0.25, 0.3) is 0 Å². The fourth-order valence-corrected chi connectivity index (χ4v) is 3.53. The average molecular weight is 374 g/mol. The topological polar surface area (TPSA) is 32.6 Å². The Labute approximate surface area is 137 Å². The van der Waals surface area contributed by atoms with E-state index in [1.54, 1.807) is 0 Å². The summed E-state index contributed by atoms with van der Waals surface area (Å²) in [7, 11) is 0. The Morgan fingerprint density at radius 3 is 2.35 bits per heavy atom. The Balaban J connectivity index is 2.13. The molecule has 1 aromatic rings. The number of fused-ring (bicyclic) bond motifs is 3. The van der Waals surface area contributed by atoms with Gasteiger partial charge in [-0.25, -0.2) is 0 Å². The lowest BCUT2D eigenvalue weighted by molar-refractivity contribution is -0.328. The molecule has 1 aliphatic carbocycles. The zero-order chi connectivity index (χ0) is 17.2. The van der Waals surface area contributed by atoms with Crippen LogP contribution in [0.15, 0.2) is 17.1 Å². The lowest BCUT2D eigenvalue weighted by Crippen LogP contribution is -2.63. The van der Waals surface area contributed by atoms with Crippen LogP contribution in [0.2, 0.25) is 10.0 Å². The standard InChI is InChI=1S/C14H10Cl2F5NO/c15-8-4-7-6-2-1-3-12(23,13(17,18)14(19,20)21)11(6)22-10(7)5-9(8)16/h4-6,23H,1-3H2. The molecule has 0 radical (unpaired) electrons. The van der Waals surface area contributed by atoms with Crippen LogP contribution in [0, 0.1) is 0 Å². The van der Waals surface area contributed by atoms with E-state index in [0.717, 1.165) is 0 Å². The van der Waals surface area contributed by atoms with Crippen molar-refractivity contribution in [3.8, 4) is 0 Å². The Kier molecular flexibility index (Phi) is 3.71. The van der Waals surface area contributed by atoms with E-state index in [1.165, 1.54) is 12.1 Å². The van der Waals surface area contributed by atoms with E-state index in [4.69, 9.17) is 23.2 Å². The molecule has 1 fully saturated rings. The predicted octanol–water partition coefficient (Wildman–Crippen LogP) is 5.28. The normalized spacial score (nSPS) is 27.5. The van der Waals surface area contributed by atoms with Crippen LogP contribution in [-0.2, 0) is 0 Å². The molecule has 23 heavy (non-hydrogen) atoms. The van der Waals surface area contributed by atoms with Crippen LogP contribution < -0.4 is 0 Å². The Bertz CT molecular complexity index is 703. The molecule has 2 atom stereocenters. The van der Waals surface area contributed by atoms with Gasteiger partial charge in [-0.3, -0.25) is 4.99 Å². The molecule has 1 aliphatic heterocycles. The molecule has 9 heteroatoms. The third-order valence-electron chi connectivity index (χ3n) is 4.35. The summed E-state index contributed by atoms with van der Waals surface area (Å²) < 4.78 is 66.1. The molecule has 126 valence electrons. The summed E-state index contributed by atoms with van der Waals surface area (Å²) in [4.78, 5) is 3.85.